The van der Waals surface area contributed by atoms with Crippen LogP contribution in [0, 0.1) is 0 Å². The van der Waals surface area contributed by atoms with Gasteiger partial charge >= 0.3 is 0 Å². The minimum absolute atomic E-state index is 0.0511. The van der Waals surface area contributed by atoms with E-state index in [1.54, 1.807) is 0 Å². The van der Waals surface area contributed by atoms with Crippen LogP contribution in [0.15, 0.2) is 18.5 Å². The summed E-state index contributed by atoms with van der Waals surface area (Å²) < 4.78 is 1.94. The molecule has 21 heavy (non-hydrogen) atoms. The number of anilines is 1. The van der Waals surface area contributed by atoms with Crippen molar-refractivity contribution in [1.82, 2.24) is 19.9 Å². The first-order valence-electron chi connectivity index (χ1n) is 7.86. The molecule has 3 rings (SSSR count). The van der Waals surface area contributed by atoms with Gasteiger partial charge in [-0.15, -0.1) is 0 Å². The molecular weight excluding hydrogens is 262 g/mol. The summed E-state index contributed by atoms with van der Waals surface area (Å²) in [5.74, 6) is 0.951. The summed E-state index contributed by atoms with van der Waals surface area (Å²) in [6, 6.07) is 2.65. The van der Waals surface area contributed by atoms with Gasteiger partial charge in [-0.25, -0.2) is 9.50 Å². The van der Waals surface area contributed by atoms with Crippen molar-refractivity contribution in [3.8, 4) is 0 Å². The van der Waals surface area contributed by atoms with Crippen molar-refractivity contribution in [3.63, 3.8) is 0 Å². The first-order valence-corrected chi connectivity index (χ1v) is 7.86. The maximum atomic E-state index is 4.68. The van der Waals surface area contributed by atoms with E-state index < -0.39 is 0 Å². The Morgan fingerprint density at radius 1 is 1.29 bits per heavy atom. The van der Waals surface area contributed by atoms with Gasteiger partial charge in [0.1, 0.15) is 5.52 Å². The molecule has 1 saturated heterocycles. The maximum absolute atomic E-state index is 4.68. The Kier molecular flexibility index (Phi) is 3.85. The molecular formula is C16H25N5. The first-order chi connectivity index (χ1) is 10.0. The Labute approximate surface area is 126 Å². The maximum Gasteiger partial charge on any atom is 0.152 e. The van der Waals surface area contributed by atoms with Gasteiger partial charge in [0.2, 0.25) is 0 Å². The summed E-state index contributed by atoms with van der Waals surface area (Å²) >= 11 is 0. The van der Waals surface area contributed by atoms with Gasteiger partial charge in [0.25, 0.3) is 0 Å². The third-order valence-corrected chi connectivity index (χ3v) is 4.07. The molecule has 0 amide bonds. The molecule has 2 aromatic rings. The lowest BCUT2D eigenvalue weighted by molar-refractivity contribution is 0.562. The van der Waals surface area contributed by atoms with Gasteiger partial charge in [0.05, 0.1) is 5.69 Å². The first kappa shape index (κ1) is 14.3. The van der Waals surface area contributed by atoms with Crippen molar-refractivity contribution >= 4 is 11.3 Å². The average Bonchev–Trinajstić information content (AvgIpc) is 2.72. The number of hydrogen-bond acceptors (Lipinski definition) is 4. The van der Waals surface area contributed by atoms with Gasteiger partial charge in [-0.3, -0.25) is 0 Å². The fraction of sp³-hybridized carbons (Fsp3) is 0.625. The number of hydrogen-bond donors (Lipinski definition) is 2. The van der Waals surface area contributed by atoms with Gasteiger partial charge in [0, 0.05) is 23.9 Å². The summed E-state index contributed by atoms with van der Waals surface area (Å²) in [5.41, 5.74) is 2.22. The van der Waals surface area contributed by atoms with E-state index in [1.807, 2.05) is 16.9 Å². The zero-order chi connectivity index (χ0) is 14.9. The Morgan fingerprint density at radius 3 is 2.95 bits per heavy atom. The molecule has 0 spiro atoms. The van der Waals surface area contributed by atoms with Gasteiger partial charge in [0.15, 0.2) is 5.82 Å². The molecule has 1 aliphatic heterocycles. The van der Waals surface area contributed by atoms with E-state index in [9.17, 15) is 0 Å². The van der Waals surface area contributed by atoms with Crippen molar-refractivity contribution in [2.45, 2.75) is 51.5 Å². The molecule has 0 radical (unpaired) electrons. The Morgan fingerprint density at radius 2 is 2.14 bits per heavy atom. The fourth-order valence-electron chi connectivity index (χ4n) is 2.76. The lowest BCUT2D eigenvalue weighted by Crippen LogP contribution is -2.22. The van der Waals surface area contributed by atoms with E-state index in [-0.39, 0.29) is 5.41 Å². The highest BCUT2D eigenvalue weighted by Gasteiger charge is 2.20. The summed E-state index contributed by atoms with van der Waals surface area (Å²) in [6.07, 6.45) is 7.29. The minimum Gasteiger partial charge on any atom is -0.366 e. The van der Waals surface area contributed by atoms with Crippen LogP contribution in [0.2, 0.25) is 0 Å². The number of nitrogens with zero attached hydrogens (tertiary/aromatic N) is 3. The predicted octanol–water partition coefficient (Wildman–Crippen LogP) is 2.58. The highest BCUT2D eigenvalue weighted by atomic mass is 15.2. The molecule has 0 bridgehead atoms. The van der Waals surface area contributed by atoms with E-state index in [2.05, 4.69) is 47.6 Å². The molecule has 2 N–H and O–H groups in total. The van der Waals surface area contributed by atoms with Crippen molar-refractivity contribution in [2.24, 2.45) is 0 Å². The summed E-state index contributed by atoms with van der Waals surface area (Å²) in [4.78, 5) is 4.53. The van der Waals surface area contributed by atoms with Crippen LogP contribution in [0.25, 0.3) is 5.52 Å². The van der Waals surface area contributed by atoms with E-state index in [0.717, 1.165) is 36.5 Å². The van der Waals surface area contributed by atoms with Gasteiger partial charge in [-0.1, -0.05) is 20.8 Å². The largest absolute Gasteiger partial charge is 0.366 e. The number of rotatable bonds is 2. The van der Waals surface area contributed by atoms with E-state index in [0.29, 0.717) is 6.04 Å². The normalized spacial score (nSPS) is 20.4. The molecule has 1 fully saturated rings. The molecule has 0 aliphatic carbocycles. The molecule has 3 heterocycles. The van der Waals surface area contributed by atoms with E-state index in [4.69, 9.17) is 0 Å². The highest BCUT2D eigenvalue weighted by Crippen LogP contribution is 2.25. The zero-order valence-corrected chi connectivity index (χ0v) is 13.2. The van der Waals surface area contributed by atoms with Crippen molar-refractivity contribution < 1.29 is 0 Å². The predicted molar refractivity (Wildman–Crippen MR) is 85.8 cm³/mol. The van der Waals surface area contributed by atoms with Gasteiger partial charge < -0.3 is 10.6 Å². The van der Waals surface area contributed by atoms with Crippen LogP contribution in [0.5, 0.6) is 0 Å². The Bertz CT molecular complexity index is 603. The highest BCUT2D eigenvalue weighted by molar-refractivity contribution is 5.68. The Hall–Kier alpha value is -1.62. The fourth-order valence-corrected chi connectivity index (χ4v) is 2.76. The van der Waals surface area contributed by atoms with Crippen molar-refractivity contribution in [1.29, 1.82) is 0 Å². The molecule has 0 saturated carbocycles. The summed E-state index contributed by atoms with van der Waals surface area (Å²) in [7, 11) is 0. The second-order valence-electron chi connectivity index (χ2n) is 6.91. The number of aromatic nitrogens is 3. The van der Waals surface area contributed by atoms with Crippen molar-refractivity contribution in [2.75, 3.05) is 18.4 Å². The molecule has 2 aromatic heterocycles. The van der Waals surface area contributed by atoms with Gasteiger partial charge in [-0.2, -0.15) is 5.10 Å². The van der Waals surface area contributed by atoms with Crippen LogP contribution in [-0.2, 0) is 5.41 Å². The summed E-state index contributed by atoms with van der Waals surface area (Å²) in [6.45, 7) is 8.76. The van der Waals surface area contributed by atoms with E-state index >= 15 is 0 Å². The van der Waals surface area contributed by atoms with Crippen LogP contribution in [0.3, 0.4) is 0 Å². The van der Waals surface area contributed by atoms with E-state index in [1.165, 1.54) is 12.8 Å². The lowest BCUT2D eigenvalue weighted by Gasteiger charge is -2.16. The molecule has 0 aromatic carbocycles. The number of nitrogens with one attached hydrogen (secondary N) is 2. The molecule has 5 heteroatoms. The van der Waals surface area contributed by atoms with Crippen LogP contribution < -0.4 is 10.6 Å². The second-order valence-corrected chi connectivity index (χ2v) is 6.91. The smallest absolute Gasteiger partial charge is 0.152 e. The standard InChI is InChI=1S/C16H25N5/c1-16(2,3)14-11-13-15(18-9-10-21(13)20-14)19-12-5-4-7-17-8-6-12/h9-12,17H,4-8H2,1-3H3,(H,18,19). The quantitative estimate of drug-likeness (QED) is 0.891. The summed E-state index contributed by atoms with van der Waals surface area (Å²) in [5, 5.41) is 11.7. The Balaban J connectivity index is 1.89. The third-order valence-electron chi connectivity index (χ3n) is 4.07. The second kappa shape index (κ2) is 5.64. The van der Waals surface area contributed by atoms with Crippen LogP contribution >= 0.6 is 0 Å². The SMILES string of the molecule is CC(C)(C)c1cc2c(NC3CCCNCC3)nccn2n1. The van der Waals surface area contributed by atoms with Crippen LogP contribution in [-0.4, -0.2) is 33.7 Å². The van der Waals surface area contributed by atoms with Crippen molar-refractivity contribution in [3.05, 3.63) is 24.2 Å². The molecule has 1 atom stereocenters. The molecule has 1 unspecified atom stereocenters. The third kappa shape index (κ3) is 3.18. The monoisotopic (exact) mass is 287 g/mol. The average molecular weight is 287 g/mol. The minimum atomic E-state index is 0.0511. The molecule has 1 aliphatic rings. The molecule has 5 nitrogen and oxygen atoms in total. The topological polar surface area (TPSA) is 54.2 Å². The molecule has 114 valence electrons. The van der Waals surface area contributed by atoms with Crippen LogP contribution in [0.1, 0.15) is 45.7 Å². The number of fused-ring (bicyclic) bond motifs is 1. The lowest BCUT2D eigenvalue weighted by atomic mass is 9.92. The van der Waals surface area contributed by atoms with Gasteiger partial charge in [-0.05, 0) is 38.4 Å². The van der Waals surface area contributed by atoms with Crippen LogP contribution in [0.4, 0.5) is 5.82 Å². The zero-order valence-electron chi connectivity index (χ0n) is 13.2.